The summed E-state index contributed by atoms with van der Waals surface area (Å²) in [5, 5.41) is 0. The van der Waals surface area contributed by atoms with Crippen molar-refractivity contribution in [3.8, 4) is 0 Å². The third kappa shape index (κ3) is 8.50. The number of hydrogen-bond acceptors (Lipinski definition) is 3. The summed E-state index contributed by atoms with van der Waals surface area (Å²) in [6.45, 7) is 6.80. The van der Waals surface area contributed by atoms with E-state index in [-0.39, 0.29) is 4.12 Å². The third-order valence-electron chi connectivity index (χ3n) is 6.04. The first kappa shape index (κ1) is 23.7. The second-order valence-corrected chi connectivity index (χ2v) is 23.6. The first-order valence-electron chi connectivity index (χ1n) is 10.8. The zero-order chi connectivity index (χ0) is 18.8. The van der Waals surface area contributed by atoms with E-state index in [0.29, 0.717) is 5.92 Å². The zero-order valence-corrected chi connectivity index (χ0v) is 20.9. The molecule has 0 saturated heterocycles. The van der Waals surface area contributed by atoms with Crippen molar-refractivity contribution in [2.24, 2.45) is 5.92 Å². The molecule has 0 N–H and O–H groups in total. The van der Waals surface area contributed by atoms with Crippen molar-refractivity contribution < 1.29 is 12.6 Å². The molecule has 1 aliphatic carbocycles. The minimum absolute atomic E-state index is 0.0919. The van der Waals surface area contributed by atoms with Crippen molar-refractivity contribution >= 4 is 28.5 Å². The van der Waals surface area contributed by atoms with E-state index >= 15 is 0 Å². The van der Waals surface area contributed by atoms with Crippen LogP contribution in [0.25, 0.3) is 0 Å². The first-order valence-corrected chi connectivity index (χ1v) is 20.3. The summed E-state index contributed by atoms with van der Waals surface area (Å²) in [5.74, 6) is 0.504. The van der Waals surface area contributed by atoms with Gasteiger partial charge in [-0.2, -0.15) is 0 Å². The van der Waals surface area contributed by atoms with E-state index in [4.69, 9.17) is 4.18 Å². The molecule has 0 bridgehead atoms. The Hall–Kier alpha value is 0.709. The predicted molar refractivity (Wildman–Crippen MR) is 111 cm³/mol. The molecule has 1 rings (SSSR count). The Balaban J connectivity index is 3.19. The van der Waals surface area contributed by atoms with E-state index < -0.39 is 28.5 Å². The SMILES string of the molecule is CCC[CH2][Sn]([CH2]CCC)([CH2]CCC)[CH](OS(C)(=O)=O)C1CCCCC1. The van der Waals surface area contributed by atoms with Gasteiger partial charge in [0, 0.05) is 0 Å². The average molecular weight is 481 g/mol. The van der Waals surface area contributed by atoms with E-state index in [1.807, 2.05) is 0 Å². The Morgan fingerprint density at radius 1 is 0.880 bits per heavy atom. The molecule has 1 fully saturated rings. The molecule has 0 aromatic carbocycles. The molecule has 0 radical (unpaired) electrons. The van der Waals surface area contributed by atoms with Crippen molar-refractivity contribution in [1.82, 2.24) is 0 Å². The minimum atomic E-state index is -3.38. The Bertz CT molecular complexity index is 422. The monoisotopic (exact) mass is 482 g/mol. The summed E-state index contributed by atoms with van der Waals surface area (Å²) in [6.07, 6.45) is 14.9. The second-order valence-electron chi connectivity index (χ2n) is 8.29. The molecule has 0 heterocycles. The Labute approximate surface area is 161 Å². The van der Waals surface area contributed by atoms with Gasteiger partial charge in [0.05, 0.1) is 0 Å². The van der Waals surface area contributed by atoms with Crippen LogP contribution < -0.4 is 0 Å². The van der Waals surface area contributed by atoms with E-state index in [0.717, 1.165) is 0 Å². The maximum atomic E-state index is 12.2. The number of hydrogen-bond donors (Lipinski definition) is 0. The third-order valence-corrected chi connectivity index (χ3v) is 23.8. The van der Waals surface area contributed by atoms with Crippen molar-refractivity contribution in [2.45, 2.75) is 109 Å². The van der Waals surface area contributed by atoms with Crippen LogP contribution in [0.4, 0.5) is 0 Å². The standard InChI is InChI=1S/C8H15O3S.3C4H9.Sn/c1-12(9,10)11-7-8-5-3-2-4-6-8;3*1-3-4-2;/h7-8H,2-6H2,1H3;3*1,3-4H2,2H3;. The molecule has 1 aliphatic rings. The quantitative estimate of drug-likeness (QED) is 0.229. The fourth-order valence-electron chi connectivity index (χ4n) is 4.69. The second kappa shape index (κ2) is 12.2. The van der Waals surface area contributed by atoms with Gasteiger partial charge in [-0.05, 0) is 0 Å². The van der Waals surface area contributed by atoms with E-state index in [1.165, 1.54) is 90.2 Å². The van der Waals surface area contributed by atoms with Crippen LogP contribution in [0.3, 0.4) is 0 Å². The topological polar surface area (TPSA) is 43.4 Å². The van der Waals surface area contributed by atoms with Gasteiger partial charge in [0.15, 0.2) is 0 Å². The predicted octanol–water partition coefficient (Wildman–Crippen LogP) is 6.30. The summed E-state index contributed by atoms with van der Waals surface area (Å²) in [6, 6.07) is 0. The van der Waals surface area contributed by atoms with Gasteiger partial charge in [-0.25, -0.2) is 0 Å². The van der Waals surface area contributed by atoms with Gasteiger partial charge in [0.25, 0.3) is 0 Å². The molecule has 0 spiro atoms. The van der Waals surface area contributed by atoms with Gasteiger partial charge in [-0.15, -0.1) is 0 Å². The molecular formula is C20H42O3SSn. The Kier molecular flexibility index (Phi) is 11.6. The maximum absolute atomic E-state index is 12.2. The van der Waals surface area contributed by atoms with Gasteiger partial charge < -0.3 is 0 Å². The van der Waals surface area contributed by atoms with Crippen LogP contribution in [-0.2, 0) is 14.3 Å². The molecule has 1 saturated carbocycles. The first-order chi connectivity index (χ1) is 11.9. The van der Waals surface area contributed by atoms with Gasteiger partial charge in [0.2, 0.25) is 0 Å². The van der Waals surface area contributed by atoms with E-state index in [9.17, 15) is 8.42 Å². The average Bonchev–Trinajstić information content (AvgIpc) is 2.60. The zero-order valence-electron chi connectivity index (χ0n) is 17.2. The molecule has 1 atom stereocenters. The van der Waals surface area contributed by atoms with E-state index in [2.05, 4.69) is 20.8 Å². The van der Waals surface area contributed by atoms with Crippen LogP contribution in [0, 0.1) is 5.92 Å². The summed E-state index contributed by atoms with van der Waals surface area (Å²) >= 11 is -2.72. The fourth-order valence-corrected chi connectivity index (χ4v) is 26.1. The molecule has 5 heteroatoms. The van der Waals surface area contributed by atoms with E-state index in [1.54, 1.807) is 0 Å². The fraction of sp³-hybridized carbons (Fsp3) is 1.00. The summed E-state index contributed by atoms with van der Waals surface area (Å²) in [5.41, 5.74) is 0. The summed E-state index contributed by atoms with van der Waals surface area (Å²) < 4.78 is 34.4. The molecule has 0 amide bonds. The molecule has 0 aromatic heterocycles. The van der Waals surface area contributed by atoms with Gasteiger partial charge in [-0.3, -0.25) is 0 Å². The van der Waals surface area contributed by atoms with Gasteiger partial charge >= 0.3 is 162 Å². The van der Waals surface area contributed by atoms with Crippen LogP contribution in [0.15, 0.2) is 0 Å². The molecule has 25 heavy (non-hydrogen) atoms. The number of rotatable bonds is 13. The van der Waals surface area contributed by atoms with Crippen molar-refractivity contribution in [3.63, 3.8) is 0 Å². The molecule has 0 aliphatic heterocycles. The molecule has 1 unspecified atom stereocenters. The van der Waals surface area contributed by atoms with Gasteiger partial charge in [-0.1, -0.05) is 0 Å². The molecule has 3 nitrogen and oxygen atoms in total. The van der Waals surface area contributed by atoms with Crippen molar-refractivity contribution in [3.05, 3.63) is 0 Å². The van der Waals surface area contributed by atoms with Crippen molar-refractivity contribution in [1.29, 1.82) is 0 Å². The molecule has 0 aromatic rings. The number of unbranched alkanes of at least 4 members (excludes halogenated alkanes) is 3. The summed E-state index contributed by atoms with van der Waals surface area (Å²) in [4.78, 5) is 0. The van der Waals surface area contributed by atoms with Crippen LogP contribution in [0.5, 0.6) is 0 Å². The van der Waals surface area contributed by atoms with Crippen LogP contribution in [0.1, 0.15) is 91.4 Å². The Morgan fingerprint density at radius 3 is 1.68 bits per heavy atom. The molecular weight excluding hydrogens is 439 g/mol. The normalized spacial score (nSPS) is 18.4. The van der Waals surface area contributed by atoms with Crippen LogP contribution in [0.2, 0.25) is 13.3 Å². The Morgan fingerprint density at radius 2 is 1.32 bits per heavy atom. The van der Waals surface area contributed by atoms with Crippen LogP contribution in [-0.4, -0.2) is 37.2 Å². The molecule has 150 valence electrons. The summed E-state index contributed by atoms with van der Waals surface area (Å²) in [7, 11) is -3.38. The van der Waals surface area contributed by atoms with Gasteiger partial charge in [0.1, 0.15) is 0 Å². The van der Waals surface area contributed by atoms with Crippen molar-refractivity contribution in [2.75, 3.05) is 6.26 Å². The van der Waals surface area contributed by atoms with Crippen LogP contribution >= 0.6 is 0 Å².